The van der Waals surface area contributed by atoms with E-state index in [0.717, 1.165) is 4.57 Å². The Hall–Kier alpha value is -3.10. The van der Waals surface area contributed by atoms with Crippen molar-refractivity contribution in [3.63, 3.8) is 0 Å². The van der Waals surface area contributed by atoms with E-state index in [0.29, 0.717) is 18.6 Å². The Morgan fingerprint density at radius 3 is 2.83 bits per heavy atom. The number of carbonyl (C=O) groups excluding carboxylic acids is 1. The molecule has 3 N–H and O–H groups in total. The standard InChI is InChI=1S/C14H14FN3O5/c1-2-23-10-4-8(3-9(19)5-10)16-12(20)7-18-6-11(15)13(21)17-14(18)22/h3-6,19H,2,7H2,1H3,(H,16,20)(H,17,21,22). The lowest BCUT2D eigenvalue weighted by Gasteiger charge is -2.10. The molecular weight excluding hydrogens is 309 g/mol. The van der Waals surface area contributed by atoms with Crippen LogP contribution >= 0.6 is 0 Å². The molecule has 0 saturated heterocycles. The van der Waals surface area contributed by atoms with Crippen LogP contribution in [0.1, 0.15) is 6.92 Å². The van der Waals surface area contributed by atoms with Gasteiger partial charge in [-0.05, 0) is 6.92 Å². The molecule has 23 heavy (non-hydrogen) atoms. The second-order valence-corrected chi connectivity index (χ2v) is 4.56. The molecule has 2 aromatic rings. The molecule has 1 amide bonds. The van der Waals surface area contributed by atoms with Crippen molar-refractivity contribution < 1.29 is 19.0 Å². The van der Waals surface area contributed by atoms with Crippen molar-refractivity contribution in [2.75, 3.05) is 11.9 Å². The SMILES string of the molecule is CCOc1cc(O)cc(NC(=O)Cn2cc(F)c(=O)[nH]c2=O)c1. The summed E-state index contributed by atoms with van der Waals surface area (Å²) in [6.07, 6.45) is 0.648. The maximum absolute atomic E-state index is 13.1. The Bertz CT molecular complexity index is 843. The number of carbonyl (C=O) groups is 1. The largest absolute Gasteiger partial charge is 0.508 e. The van der Waals surface area contributed by atoms with Gasteiger partial charge in [0.1, 0.15) is 18.0 Å². The van der Waals surface area contributed by atoms with Crippen LogP contribution in [0.4, 0.5) is 10.1 Å². The molecule has 0 unspecified atom stereocenters. The lowest BCUT2D eigenvalue weighted by molar-refractivity contribution is -0.116. The lowest BCUT2D eigenvalue weighted by atomic mass is 10.2. The summed E-state index contributed by atoms with van der Waals surface area (Å²) < 4.78 is 19.1. The third kappa shape index (κ3) is 4.19. The van der Waals surface area contributed by atoms with Crippen molar-refractivity contribution in [1.29, 1.82) is 0 Å². The zero-order valence-electron chi connectivity index (χ0n) is 12.1. The van der Waals surface area contributed by atoms with E-state index in [4.69, 9.17) is 4.74 Å². The number of rotatable bonds is 5. The number of aromatic nitrogens is 2. The molecule has 0 bridgehead atoms. The first kappa shape index (κ1) is 16.3. The monoisotopic (exact) mass is 323 g/mol. The topological polar surface area (TPSA) is 113 Å². The first-order valence-corrected chi connectivity index (χ1v) is 6.65. The number of nitrogens with zero attached hydrogens (tertiary/aromatic N) is 1. The van der Waals surface area contributed by atoms with Gasteiger partial charge in [0.25, 0.3) is 5.56 Å². The third-order valence-electron chi connectivity index (χ3n) is 2.77. The predicted octanol–water partition coefficient (Wildman–Crippen LogP) is 0.419. The van der Waals surface area contributed by atoms with Crippen LogP contribution in [-0.4, -0.2) is 27.2 Å². The van der Waals surface area contributed by atoms with E-state index in [1.165, 1.54) is 18.2 Å². The summed E-state index contributed by atoms with van der Waals surface area (Å²) in [7, 11) is 0. The number of phenols is 1. The zero-order valence-corrected chi connectivity index (χ0v) is 12.1. The molecule has 122 valence electrons. The molecule has 0 radical (unpaired) electrons. The fourth-order valence-electron chi connectivity index (χ4n) is 1.86. The minimum Gasteiger partial charge on any atom is -0.508 e. The second-order valence-electron chi connectivity index (χ2n) is 4.56. The summed E-state index contributed by atoms with van der Waals surface area (Å²) in [6, 6.07) is 4.15. The Morgan fingerprint density at radius 1 is 1.39 bits per heavy atom. The highest BCUT2D eigenvalue weighted by Crippen LogP contribution is 2.25. The van der Waals surface area contributed by atoms with Crippen molar-refractivity contribution in [2.24, 2.45) is 0 Å². The van der Waals surface area contributed by atoms with E-state index in [1.54, 1.807) is 11.9 Å². The van der Waals surface area contributed by atoms with Crippen LogP contribution < -0.4 is 21.3 Å². The highest BCUT2D eigenvalue weighted by molar-refractivity contribution is 5.91. The summed E-state index contributed by atoms with van der Waals surface area (Å²) in [5.74, 6) is -1.58. The Labute approximate surface area is 129 Å². The predicted molar refractivity (Wildman–Crippen MR) is 79.2 cm³/mol. The van der Waals surface area contributed by atoms with E-state index in [1.807, 2.05) is 0 Å². The quantitative estimate of drug-likeness (QED) is 0.738. The van der Waals surface area contributed by atoms with Crippen LogP contribution in [0.15, 0.2) is 34.0 Å². The molecule has 1 aromatic heterocycles. The van der Waals surface area contributed by atoms with Gasteiger partial charge in [-0.2, -0.15) is 4.39 Å². The van der Waals surface area contributed by atoms with Gasteiger partial charge in [0.2, 0.25) is 11.7 Å². The van der Waals surface area contributed by atoms with Crippen LogP contribution in [-0.2, 0) is 11.3 Å². The first-order valence-electron chi connectivity index (χ1n) is 6.65. The Kier molecular flexibility index (Phi) is 4.79. The van der Waals surface area contributed by atoms with Gasteiger partial charge in [-0.15, -0.1) is 0 Å². The molecule has 0 fully saturated rings. The minimum atomic E-state index is -1.17. The number of anilines is 1. The number of phenolic OH excluding ortho intramolecular Hbond substituents is 1. The molecule has 0 atom stereocenters. The van der Waals surface area contributed by atoms with E-state index >= 15 is 0 Å². The maximum atomic E-state index is 13.1. The Morgan fingerprint density at radius 2 is 2.13 bits per heavy atom. The first-order chi connectivity index (χ1) is 10.9. The van der Waals surface area contributed by atoms with E-state index < -0.39 is 29.5 Å². The van der Waals surface area contributed by atoms with Crippen molar-refractivity contribution in [1.82, 2.24) is 9.55 Å². The second kappa shape index (κ2) is 6.77. The van der Waals surface area contributed by atoms with Crippen LogP contribution in [0.5, 0.6) is 11.5 Å². The summed E-state index contributed by atoms with van der Waals surface area (Å²) in [5.41, 5.74) is -1.81. The number of hydrogen-bond donors (Lipinski definition) is 3. The summed E-state index contributed by atoms with van der Waals surface area (Å²) in [5, 5.41) is 12.0. The van der Waals surface area contributed by atoms with Crippen molar-refractivity contribution in [2.45, 2.75) is 13.5 Å². The average molecular weight is 323 g/mol. The maximum Gasteiger partial charge on any atom is 0.328 e. The number of aromatic amines is 1. The number of benzene rings is 1. The van der Waals surface area contributed by atoms with Gasteiger partial charge in [-0.3, -0.25) is 19.1 Å². The molecule has 0 aliphatic rings. The summed E-state index contributed by atoms with van der Waals surface area (Å²) >= 11 is 0. The highest BCUT2D eigenvalue weighted by atomic mass is 19.1. The minimum absolute atomic E-state index is 0.112. The van der Waals surface area contributed by atoms with Gasteiger partial charge in [0, 0.05) is 23.9 Å². The molecule has 0 spiro atoms. The average Bonchev–Trinajstić information content (AvgIpc) is 2.44. The number of nitrogens with one attached hydrogen (secondary N) is 2. The molecule has 2 rings (SSSR count). The number of aromatic hydroxyl groups is 1. The number of H-pyrrole nitrogens is 1. The van der Waals surface area contributed by atoms with Crippen LogP contribution in [0.3, 0.4) is 0 Å². The smallest absolute Gasteiger partial charge is 0.328 e. The van der Waals surface area contributed by atoms with Gasteiger partial charge in [0.15, 0.2) is 0 Å². The molecule has 1 heterocycles. The van der Waals surface area contributed by atoms with E-state index in [2.05, 4.69) is 5.32 Å². The fourth-order valence-corrected chi connectivity index (χ4v) is 1.86. The number of hydrogen-bond acceptors (Lipinski definition) is 5. The molecular formula is C14H14FN3O5. The normalized spacial score (nSPS) is 10.3. The molecule has 0 saturated carbocycles. The third-order valence-corrected chi connectivity index (χ3v) is 2.77. The van der Waals surface area contributed by atoms with Crippen LogP contribution in [0.2, 0.25) is 0 Å². The van der Waals surface area contributed by atoms with Gasteiger partial charge in [-0.1, -0.05) is 0 Å². The molecule has 0 aliphatic carbocycles. The molecule has 9 heteroatoms. The number of amides is 1. The van der Waals surface area contributed by atoms with Crippen LogP contribution in [0.25, 0.3) is 0 Å². The zero-order chi connectivity index (χ0) is 17.0. The molecule has 1 aromatic carbocycles. The van der Waals surface area contributed by atoms with Gasteiger partial charge >= 0.3 is 5.69 Å². The van der Waals surface area contributed by atoms with Crippen molar-refractivity contribution >= 4 is 11.6 Å². The number of halogens is 1. The van der Waals surface area contributed by atoms with Gasteiger partial charge in [-0.25, -0.2) is 4.79 Å². The summed E-state index contributed by atoms with van der Waals surface area (Å²) in [6.45, 7) is 1.63. The summed E-state index contributed by atoms with van der Waals surface area (Å²) in [4.78, 5) is 36.0. The number of ether oxygens (including phenoxy) is 1. The lowest BCUT2D eigenvalue weighted by Crippen LogP contribution is -2.34. The van der Waals surface area contributed by atoms with Crippen molar-refractivity contribution in [3.05, 3.63) is 51.1 Å². The van der Waals surface area contributed by atoms with Crippen molar-refractivity contribution in [3.8, 4) is 11.5 Å². The van der Waals surface area contributed by atoms with E-state index in [-0.39, 0.29) is 11.4 Å². The van der Waals surface area contributed by atoms with Gasteiger partial charge < -0.3 is 15.2 Å². The van der Waals surface area contributed by atoms with Gasteiger partial charge in [0.05, 0.1) is 12.8 Å². The molecule has 8 nitrogen and oxygen atoms in total. The fraction of sp³-hybridized carbons (Fsp3) is 0.214. The van der Waals surface area contributed by atoms with Crippen LogP contribution in [0, 0.1) is 5.82 Å². The molecule has 0 aliphatic heterocycles. The highest BCUT2D eigenvalue weighted by Gasteiger charge is 2.10. The Balaban J connectivity index is 2.15. The van der Waals surface area contributed by atoms with E-state index in [9.17, 15) is 23.9 Å².